The van der Waals surface area contributed by atoms with Gasteiger partial charge in [-0.25, -0.2) is 9.97 Å². The number of para-hydroxylation sites is 1. The van der Waals surface area contributed by atoms with Crippen molar-refractivity contribution in [2.24, 2.45) is 0 Å². The summed E-state index contributed by atoms with van der Waals surface area (Å²) in [4.78, 5) is 11.3. The van der Waals surface area contributed by atoms with E-state index in [4.69, 9.17) is 4.74 Å². The molecule has 0 spiro atoms. The average Bonchev–Trinajstić information content (AvgIpc) is 2.62. The van der Waals surface area contributed by atoms with Crippen molar-refractivity contribution >= 4 is 16.7 Å². The number of benzene rings is 1. The summed E-state index contributed by atoms with van der Waals surface area (Å²) in [5.41, 5.74) is 0.855. The number of ether oxygens (including phenoxy) is 1. The molecule has 0 bridgehead atoms. The summed E-state index contributed by atoms with van der Waals surface area (Å²) < 4.78 is 5.43. The maximum absolute atomic E-state index is 9.37. The van der Waals surface area contributed by atoms with E-state index in [1.165, 1.54) is 0 Å². The summed E-state index contributed by atoms with van der Waals surface area (Å²) in [6.07, 6.45) is 1.07. The predicted molar refractivity (Wildman–Crippen MR) is 90.4 cm³/mol. The molecule has 0 saturated carbocycles. The molecular weight excluding hydrogens is 292 g/mol. The van der Waals surface area contributed by atoms with Gasteiger partial charge in [0, 0.05) is 31.1 Å². The monoisotopic (exact) mass is 316 g/mol. The highest BCUT2D eigenvalue weighted by molar-refractivity contribution is 5.88. The normalized spacial score (nSPS) is 17.3. The van der Waals surface area contributed by atoms with Gasteiger partial charge in [-0.05, 0) is 18.6 Å². The molecule has 1 aliphatic rings. The molecule has 1 saturated heterocycles. The van der Waals surface area contributed by atoms with Crippen LogP contribution in [0.25, 0.3) is 10.9 Å². The molecule has 0 amide bonds. The molecular formula is C17H24N4O2. The first-order valence-electron chi connectivity index (χ1n) is 8.24. The van der Waals surface area contributed by atoms with Gasteiger partial charge in [0.2, 0.25) is 0 Å². The molecule has 1 aromatic heterocycles. The van der Waals surface area contributed by atoms with Crippen LogP contribution in [-0.4, -0.2) is 58.9 Å². The number of aliphatic hydroxyl groups excluding tert-OH is 1. The van der Waals surface area contributed by atoms with E-state index in [9.17, 15) is 5.11 Å². The first kappa shape index (κ1) is 16.1. The van der Waals surface area contributed by atoms with Crippen LogP contribution in [0.3, 0.4) is 0 Å². The van der Waals surface area contributed by atoms with Crippen molar-refractivity contribution in [1.29, 1.82) is 0 Å². The Morgan fingerprint density at radius 1 is 1.26 bits per heavy atom. The third-order valence-electron chi connectivity index (χ3n) is 4.33. The van der Waals surface area contributed by atoms with Gasteiger partial charge in [-0.3, -0.25) is 4.90 Å². The molecule has 124 valence electrons. The van der Waals surface area contributed by atoms with Gasteiger partial charge in [0.1, 0.15) is 12.4 Å². The number of rotatable bonds is 6. The molecule has 3 rings (SSSR count). The summed E-state index contributed by atoms with van der Waals surface area (Å²) in [7, 11) is 0. The molecule has 6 heteroatoms. The number of aromatic nitrogens is 2. The van der Waals surface area contributed by atoms with Crippen molar-refractivity contribution < 1.29 is 9.84 Å². The van der Waals surface area contributed by atoms with E-state index >= 15 is 0 Å². The predicted octanol–water partition coefficient (Wildman–Crippen LogP) is 1.64. The lowest BCUT2D eigenvalue weighted by atomic mass is 10.1. The third-order valence-corrected chi connectivity index (χ3v) is 4.33. The van der Waals surface area contributed by atoms with Gasteiger partial charge < -0.3 is 15.2 Å². The van der Waals surface area contributed by atoms with Gasteiger partial charge in [-0.15, -0.1) is 0 Å². The fourth-order valence-electron chi connectivity index (χ4n) is 3.02. The van der Waals surface area contributed by atoms with Crippen molar-refractivity contribution in [2.75, 3.05) is 38.2 Å². The summed E-state index contributed by atoms with van der Waals surface area (Å²) >= 11 is 0. The van der Waals surface area contributed by atoms with Gasteiger partial charge in [-0.2, -0.15) is 0 Å². The lowest BCUT2D eigenvalue weighted by Gasteiger charge is -2.34. The highest BCUT2D eigenvalue weighted by Crippen LogP contribution is 2.20. The Hall–Kier alpha value is -1.76. The third kappa shape index (κ3) is 3.77. The number of morpholine rings is 1. The minimum Gasteiger partial charge on any atom is -0.388 e. The average molecular weight is 316 g/mol. The SMILES string of the molecule is CC[C@@H](CNc1nc(CO)nc2ccccc12)N1CCOCC1. The van der Waals surface area contributed by atoms with E-state index in [0.29, 0.717) is 11.9 Å². The summed E-state index contributed by atoms with van der Waals surface area (Å²) in [5, 5.41) is 13.8. The van der Waals surface area contributed by atoms with E-state index in [1.54, 1.807) is 0 Å². The quantitative estimate of drug-likeness (QED) is 0.844. The van der Waals surface area contributed by atoms with E-state index in [0.717, 1.165) is 56.0 Å². The smallest absolute Gasteiger partial charge is 0.156 e. The highest BCUT2D eigenvalue weighted by atomic mass is 16.5. The van der Waals surface area contributed by atoms with Gasteiger partial charge in [0.25, 0.3) is 0 Å². The van der Waals surface area contributed by atoms with Gasteiger partial charge in [0.05, 0.1) is 18.7 Å². The zero-order valence-corrected chi connectivity index (χ0v) is 13.5. The van der Waals surface area contributed by atoms with Gasteiger partial charge in [0.15, 0.2) is 5.82 Å². The second-order valence-corrected chi connectivity index (χ2v) is 5.76. The number of anilines is 1. The Kier molecular flexibility index (Phi) is 5.38. The number of hydrogen-bond donors (Lipinski definition) is 2. The number of hydrogen-bond acceptors (Lipinski definition) is 6. The first-order valence-corrected chi connectivity index (χ1v) is 8.24. The molecule has 1 aliphatic heterocycles. The molecule has 0 aliphatic carbocycles. The topological polar surface area (TPSA) is 70.5 Å². The van der Waals surface area contributed by atoms with Gasteiger partial charge in [-0.1, -0.05) is 19.1 Å². The first-order chi connectivity index (χ1) is 11.3. The molecule has 2 aromatic rings. The number of nitrogens with zero attached hydrogens (tertiary/aromatic N) is 3. The molecule has 2 heterocycles. The van der Waals surface area contributed by atoms with Crippen LogP contribution in [0.15, 0.2) is 24.3 Å². The second-order valence-electron chi connectivity index (χ2n) is 5.76. The minimum atomic E-state index is -0.153. The van der Waals surface area contributed by atoms with E-state index in [-0.39, 0.29) is 6.61 Å². The number of nitrogens with one attached hydrogen (secondary N) is 1. The van der Waals surface area contributed by atoms with Crippen LogP contribution in [0.5, 0.6) is 0 Å². The molecule has 2 N–H and O–H groups in total. The van der Waals surface area contributed by atoms with Crippen molar-refractivity contribution in [3.8, 4) is 0 Å². The van der Waals surface area contributed by atoms with Crippen molar-refractivity contribution in [1.82, 2.24) is 14.9 Å². The van der Waals surface area contributed by atoms with Crippen molar-refractivity contribution in [3.05, 3.63) is 30.1 Å². The maximum Gasteiger partial charge on any atom is 0.156 e. The lowest BCUT2D eigenvalue weighted by molar-refractivity contribution is 0.0184. The minimum absolute atomic E-state index is 0.153. The number of fused-ring (bicyclic) bond motifs is 1. The summed E-state index contributed by atoms with van der Waals surface area (Å²) in [5.74, 6) is 1.25. The Balaban J connectivity index is 1.77. The molecule has 6 nitrogen and oxygen atoms in total. The summed E-state index contributed by atoms with van der Waals surface area (Å²) in [6.45, 7) is 6.45. The lowest BCUT2D eigenvalue weighted by Crippen LogP contribution is -2.46. The van der Waals surface area contributed by atoms with Crippen LogP contribution in [0, 0.1) is 0 Å². The molecule has 1 atom stereocenters. The fraction of sp³-hybridized carbons (Fsp3) is 0.529. The standard InChI is InChI=1S/C17H24N4O2/c1-2-13(21-7-9-23-10-8-21)11-18-17-14-5-3-4-6-15(14)19-16(12-22)20-17/h3-6,13,22H,2,7-12H2,1H3,(H,18,19,20)/t13-/m0/s1. The largest absolute Gasteiger partial charge is 0.388 e. The van der Waals surface area contributed by atoms with Crippen molar-refractivity contribution in [3.63, 3.8) is 0 Å². The van der Waals surface area contributed by atoms with Crippen LogP contribution < -0.4 is 5.32 Å². The molecule has 0 unspecified atom stereocenters. The van der Waals surface area contributed by atoms with Gasteiger partial charge >= 0.3 is 0 Å². The van der Waals surface area contributed by atoms with Crippen LogP contribution >= 0.6 is 0 Å². The molecule has 23 heavy (non-hydrogen) atoms. The highest BCUT2D eigenvalue weighted by Gasteiger charge is 2.19. The molecule has 0 radical (unpaired) electrons. The maximum atomic E-state index is 9.37. The van der Waals surface area contributed by atoms with Crippen LogP contribution in [0.2, 0.25) is 0 Å². The van der Waals surface area contributed by atoms with E-state index in [1.807, 2.05) is 24.3 Å². The fourth-order valence-corrected chi connectivity index (χ4v) is 3.02. The Labute approximate surface area is 136 Å². The Morgan fingerprint density at radius 2 is 2.04 bits per heavy atom. The van der Waals surface area contributed by atoms with E-state index < -0.39 is 0 Å². The molecule has 1 aromatic carbocycles. The molecule has 1 fully saturated rings. The van der Waals surface area contributed by atoms with Crippen LogP contribution in [-0.2, 0) is 11.3 Å². The number of aliphatic hydroxyl groups is 1. The summed E-state index contributed by atoms with van der Waals surface area (Å²) in [6, 6.07) is 8.33. The van der Waals surface area contributed by atoms with Crippen molar-refractivity contribution in [2.45, 2.75) is 26.0 Å². The Morgan fingerprint density at radius 3 is 2.78 bits per heavy atom. The zero-order valence-electron chi connectivity index (χ0n) is 13.5. The van der Waals surface area contributed by atoms with Crippen LogP contribution in [0.4, 0.5) is 5.82 Å². The van der Waals surface area contributed by atoms with E-state index in [2.05, 4.69) is 27.1 Å². The Bertz CT molecular complexity index is 644. The van der Waals surface area contributed by atoms with Crippen LogP contribution in [0.1, 0.15) is 19.2 Å². The zero-order chi connectivity index (χ0) is 16.1. The second kappa shape index (κ2) is 7.68.